The summed E-state index contributed by atoms with van der Waals surface area (Å²) in [4.78, 5) is 13.6. The van der Waals surface area contributed by atoms with Gasteiger partial charge in [-0.05, 0) is 11.1 Å². The molecule has 1 aromatic heterocycles. The first-order valence-electron chi connectivity index (χ1n) is 7.40. The molecule has 0 saturated heterocycles. The van der Waals surface area contributed by atoms with E-state index in [4.69, 9.17) is 0 Å². The van der Waals surface area contributed by atoms with E-state index in [-0.39, 0.29) is 11.9 Å². The molecular weight excluding hydrogens is 288 g/mol. The quantitative estimate of drug-likeness (QED) is 0.744. The van der Waals surface area contributed by atoms with Gasteiger partial charge in [0.15, 0.2) is 5.69 Å². The highest BCUT2D eigenvalue weighted by molar-refractivity contribution is 5.91. The van der Waals surface area contributed by atoms with Crippen molar-refractivity contribution in [1.82, 2.24) is 19.9 Å². The molecule has 0 aliphatic carbocycles. The molecule has 1 amide bonds. The molecule has 0 aliphatic heterocycles. The van der Waals surface area contributed by atoms with Gasteiger partial charge in [0.05, 0.1) is 6.20 Å². The average molecular weight is 306 g/mol. The lowest BCUT2D eigenvalue weighted by atomic mass is 9.99. The van der Waals surface area contributed by atoms with Crippen LogP contribution in [-0.2, 0) is 0 Å². The van der Waals surface area contributed by atoms with E-state index < -0.39 is 0 Å². The highest BCUT2D eigenvalue weighted by atomic mass is 16.2. The van der Waals surface area contributed by atoms with Crippen molar-refractivity contribution in [3.63, 3.8) is 0 Å². The van der Waals surface area contributed by atoms with Crippen LogP contribution in [0.5, 0.6) is 0 Å². The Morgan fingerprint density at radius 2 is 1.48 bits per heavy atom. The predicted octanol–water partition coefficient (Wildman–Crippen LogP) is 2.62. The average Bonchev–Trinajstić information content (AvgIpc) is 3.06. The Bertz CT molecular complexity index is 742. The van der Waals surface area contributed by atoms with Crippen molar-refractivity contribution in [2.45, 2.75) is 6.04 Å². The summed E-state index contributed by atoms with van der Waals surface area (Å²) >= 11 is 0. The minimum Gasteiger partial charge on any atom is -0.343 e. The predicted molar refractivity (Wildman–Crippen MR) is 88.2 cm³/mol. The molecule has 0 unspecified atom stereocenters. The summed E-state index contributed by atoms with van der Waals surface area (Å²) in [5, 5.41) is 8.22. The first kappa shape index (κ1) is 15.0. The molecule has 0 aliphatic rings. The van der Waals surface area contributed by atoms with E-state index in [1.54, 1.807) is 25.0 Å². The van der Waals surface area contributed by atoms with E-state index in [9.17, 15) is 4.79 Å². The van der Waals surface area contributed by atoms with Crippen LogP contribution in [0, 0.1) is 0 Å². The number of carbonyl (C=O) groups excluding carboxylic acids is 1. The number of hydrogen-bond acceptors (Lipinski definition) is 3. The Kier molecular flexibility index (Phi) is 4.19. The SMILES string of the molecule is CN(C)C(=O)c1cn(C(c2ccccc2)c2ccccc2)nn1. The molecule has 0 N–H and O–H groups in total. The summed E-state index contributed by atoms with van der Waals surface area (Å²) in [6.07, 6.45) is 1.70. The van der Waals surface area contributed by atoms with Gasteiger partial charge >= 0.3 is 0 Å². The molecular formula is C18H18N4O. The van der Waals surface area contributed by atoms with Gasteiger partial charge in [0.25, 0.3) is 5.91 Å². The second-order valence-corrected chi connectivity index (χ2v) is 5.51. The van der Waals surface area contributed by atoms with E-state index in [1.165, 1.54) is 4.90 Å². The van der Waals surface area contributed by atoms with Crippen molar-refractivity contribution in [2.75, 3.05) is 14.1 Å². The van der Waals surface area contributed by atoms with Gasteiger partial charge in [0.2, 0.25) is 0 Å². The zero-order valence-electron chi connectivity index (χ0n) is 13.1. The normalized spacial score (nSPS) is 10.7. The van der Waals surface area contributed by atoms with Crippen LogP contribution < -0.4 is 0 Å². The van der Waals surface area contributed by atoms with Crippen molar-refractivity contribution in [1.29, 1.82) is 0 Å². The number of benzene rings is 2. The summed E-state index contributed by atoms with van der Waals surface area (Å²) in [7, 11) is 3.40. The van der Waals surface area contributed by atoms with Crippen LogP contribution in [0.3, 0.4) is 0 Å². The monoisotopic (exact) mass is 306 g/mol. The van der Waals surface area contributed by atoms with E-state index in [1.807, 2.05) is 60.7 Å². The van der Waals surface area contributed by atoms with Crippen molar-refractivity contribution >= 4 is 5.91 Å². The van der Waals surface area contributed by atoms with E-state index >= 15 is 0 Å². The summed E-state index contributed by atoms with van der Waals surface area (Å²) in [6.45, 7) is 0. The van der Waals surface area contributed by atoms with Crippen molar-refractivity contribution < 1.29 is 4.79 Å². The summed E-state index contributed by atoms with van der Waals surface area (Å²) in [6, 6.07) is 20.0. The molecule has 3 aromatic rings. The van der Waals surface area contributed by atoms with Gasteiger partial charge in [-0.25, -0.2) is 4.68 Å². The lowest BCUT2D eigenvalue weighted by Gasteiger charge is -2.18. The molecule has 0 spiro atoms. The number of amides is 1. The minimum atomic E-state index is -0.156. The molecule has 1 heterocycles. The van der Waals surface area contributed by atoms with Gasteiger partial charge in [-0.15, -0.1) is 5.10 Å². The zero-order chi connectivity index (χ0) is 16.2. The fourth-order valence-electron chi connectivity index (χ4n) is 2.50. The van der Waals surface area contributed by atoms with Gasteiger partial charge in [0, 0.05) is 14.1 Å². The van der Waals surface area contributed by atoms with Crippen LogP contribution >= 0.6 is 0 Å². The van der Waals surface area contributed by atoms with Crippen LogP contribution in [0.2, 0.25) is 0 Å². The molecule has 0 bridgehead atoms. The van der Waals surface area contributed by atoms with Gasteiger partial charge in [-0.1, -0.05) is 65.9 Å². The van der Waals surface area contributed by atoms with Crippen LogP contribution in [0.25, 0.3) is 0 Å². The topological polar surface area (TPSA) is 51.0 Å². The fourth-order valence-corrected chi connectivity index (χ4v) is 2.50. The third kappa shape index (κ3) is 3.13. The fraction of sp³-hybridized carbons (Fsp3) is 0.167. The van der Waals surface area contributed by atoms with Crippen LogP contribution in [0.1, 0.15) is 27.7 Å². The molecule has 116 valence electrons. The van der Waals surface area contributed by atoms with Crippen molar-refractivity contribution in [2.24, 2.45) is 0 Å². The van der Waals surface area contributed by atoms with Gasteiger partial charge < -0.3 is 4.90 Å². The Balaban J connectivity index is 2.05. The first-order valence-corrected chi connectivity index (χ1v) is 7.40. The molecule has 0 saturated carbocycles. The van der Waals surface area contributed by atoms with E-state index in [2.05, 4.69) is 10.3 Å². The summed E-state index contributed by atoms with van der Waals surface area (Å²) < 4.78 is 1.74. The van der Waals surface area contributed by atoms with E-state index in [0.717, 1.165) is 11.1 Å². The maximum atomic E-state index is 12.1. The molecule has 23 heavy (non-hydrogen) atoms. The maximum Gasteiger partial charge on any atom is 0.275 e. The minimum absolute atomic E-state index is 0.117. The standard InChI is InChI=1S/C18H18N4O/c1-21(2)18(23)16-13-22(20-19-16)17(14-9-5-3-6-10-14)15-11-7-4-8-12-15/h3-13,17H,1-2H3. The molecule has 0 fully saturated rings. The lowest BCUT2D eigenvalue weighted by Crippen LogP contribution is -2.22. The largest absolute Gasteiger partial charge is 0.343 e. The van der Waals surface area contributed by atoms with Crippen LogP contribution in [0.4, 0.5) is 0 Å². The van der Waals surface area contributed by atoms with Gasteiger partial charge in [-0.2, -0.15) is 0 Å². The number of rotatable bonds is 4. The van der Waals surface area contributed by atoms with Crippen molar-refractivity contribution in [3.05, 3.63) is 83.7 Å². The molecule has 2 aromatic carbocycles. The molecule has 0 atom stereocenters. The molecule has 0 radical (unpaired) electrons. The third-order valence-corrected chi connectivity index (χ3v) is 3.63. The number of hydrogen-bond donors (Lipinski definition) is 0. The number of nitrogens with zero attached hydrogens (tertiary/aromatic N) is 4. The van der Waals surface area contributed by atoms with E-state index in [0.29, 0.717) is 5.69 Å². The Morgan fingerprint density at radius 3 is 1.96 bits per heavy atom. The van der Waals surface area contributed by atoms with Crippen LogP contribution in [0.15, 0.2) is 66.9 Å². The van der Waals surface area contributed by atoms with Gasteiger partial charge in [-0.3, -0.25) is 4.79 Å². The number of carbonyl (C=O) groups is 1. The highest BCUT2D eigenvalue weighted by Gasteiger charge is 2.20. The molecule has 5 heteroatoms. The second-order valence-electron chi connectivity index (χ2n) is 5.51. The number of aromatic nitrogens is 3. The highest BCUT2D eigenvalue weighted by Crippen LogP contribution is 2.25. The Hall–Kier alpha value is -2.95. The lowest BCUT2D eigenvalue weighted by molar-refractivity contribution is 0.0822. The van der Waals surface area contributed by atoms with Crippen molar-refractivity contribution in [3.8, 4) is 0 Å². The molecule has 3 rings (SSSR count). The zero-order valence-corrected chi connectivity index (χ0v) is 13.1. The third-order valence-electron chi connectivity index (χ3n) is 3.63. The second kappa shape index (κ2) is 6.44. The first-order chi connectivity index (χ1) is 11.2. The summed E-state index contributed by atoms with van der Waals surface area (Å²) in [5.41, 5.74) is 2.52. The smallest absolute Gasteiger partial charge is 0.275 e. The Morgan fingerprint density at radius 1 is 0.957 bits per heavy atom. The van der Waals surface area contributed by atoms with Crippen LogP contribution in [-0.4, -0.2) is 39.9 Å². The van der Waals surface area contributed by atoms with Gasteiger partial charge in [0.1, 0.15) is 6.04 Å². The molecule has 5 nitrogen and oxygen atoms in total. The summed E-state index contributed by atoms with van der Waals surface area (Å²) in [5.74, 6) is -0.156. The maximum absolute atomic E-state index is 12.1. The Labute approximate surface area is 135 Å².